The van der Waals surface area contributed by atoms with Crippen LogP contribution in [0, 0.1) is 0 Å². The molecule has 0 heterocycles. The molecular weight excluding hydrogens is 228 g/mol. The SMILES string of the molecule is C=CC(=O)OCC(O)(O)Sc1ccccc1. The Balaban J connectivity index is 2.51. The Kier molecular flexibility index (Phi) is 4.54. The molecule has 1 aromatic carbocycles. The van der Waals surface area contributed by atoms with Crippen LogP contribution >= 0.6 is 11.8 Å². The first kappa shape index (κ1) is 12.8. The van der Waals surface area contributed by atoms with E-state index < -0.39 is 17.7 Å². The third kappa shape index (κ3) is 4.48. The highest BCUT2D eigenvalue weighted by Gasteiger charge is 2.26. The first-order valence-electron chi connectivity index (χ1n) is 4.51. The second-order valence-electron chi connectivity index (χ2n) is 2.97. The summed E-state index contributed by atoms with van der Waals surface area (Å²) >= 11 is 0.798. The number of hydrogen-bond acceptors (Lipinski definition) is 5. The molecule has 0 spiro atoms. The molecule has 1 aromatic rings. The molecule has 0 amide bonds. The lowest BCUT2D eigenvalue weighted by Crippen LogP contribution is -2.31. The fourth-order valence-electron chi connectivity index (χ4n) is 0.931. The van der Waals surface area contributed by atoms with Gasteiger partial charge >= 0.3 is 5.97 Å². The number of rotatable bonds is 5. The topological polar surface area (TPSA) is 66.8 Å². The van der Waals surface area contributed by atoms with E-state index in [4.69, 9.17) is 0 Å². The molecule has 0 saturated carbocycles. The van der Waals surface area contributed by atoms with Crippen molar-refractivity contribution in [3.63, 3.8) is 0 Å². The van der Waals surface area contributed by atoms with Crippen LogP contribution in [0.2, 0.25) is 0 Å². The lowest BCUT2D eigenvalue weighted by Gasteiger charge is -2.19. The van der Waals surface area contributed by atoms with Gasteiger partial charge in [-0.25, -0.2) is 4.79 Å². The summed E-state index contributed by atoms with van der Waals surface area (Å²) in [5, 5.41) is 16.9. The molecule has 0 bridgehead atoms. The van der Waals surface area contributed by atoms with Crippen LogP contribution < -0.4 is 0 Å². The third-order valence-electron chi connectivity index (χ3n) is 1.59. The van der Waals surface area contributed by atoms with Crippen molar-refractivity contribution in [3.05, 3.63) is 43.0 Å². The highest BCUT2D eigenvalue weighted by molar-refractivity contribution is 8.00. The standard InChI is InChI=1S/C11H12O4S/c1-2-10(12)15-8-11(13,14)16-9-6-4-3-5-7-9/h2-7,13-14H,1,8H2. The van der Waals surface area contributed by atoms with Crippen molar-refractivity contribution in [2.24, 2.45) is 0 Å². The number of aliphatic hydroxyl groups is 2. The Labute approximate surface area is 97.6 Å². The number of carbonyl (C=O) groups is 1. The van der Waals surface area contributed by atoms with Gasteiger partial charge in [-0.1, -0.05) is 36.5 Å². The molecule has 0 saturated heterocycles. The van der Waals surface area contributed by atoms with Crippen LogP contribution in [0.25, 0.3) is 0 Å². The average molecular weight is 240 g/mol. The van der Waals surface area contributed by atoms with Crippen molar-refractivity contribution < 1.29 is 19.7 Å². The Hall–Kier alpha value is -1.30. The maximum Gasteiger partial charge on any atom is 0.330 e. The molecule has 0 aliphatic carbocycles. The molecule has 16 heavy (non-hydrogen) atoms. The number of esters is 1. The maximum atomic E-state index is 10.7. The van der Waals surface area contributed by atoms with Gasteiger partial charge in [-0.15, -0.1) is 0 Å². The van der Waals surface area contributed by atoms with Gasteiger partial charge in [0.05, 0.1) is 0 Å². The van der Waals surface area contributed by atoms with E-state index in [0.29, 0.717) is 4.90 Å². The normalized spacial score (nSPS) is 10.9. The molecule has 0 aromatic heterocycles. The molecule has 5 heteroatoms. The zero-order chi connectivity index (χ0) is 12.0. The summed E-state index contributed by atoms with van der Waals surface area (Å²) in [7, 11) is 0. The fourth-order valence-corrected chi connectivity index (χ4v) is 1.72. The van der Waals surface area contributed by atoms with Gasteiger partial charge in [0.1, 0.15) is 0 Å². The second kappa shape index (κ2) is 5.69. The number of thioether (sulfide) groups is 1. The summed E-state index contributed by atoms with van der Waals surface area (Å²) in [5.74, 6) is -0.693. The third-order valence-corrected chi connectivity index (χ3v) is 2.55. The van der Waals surface area contributed by atoms with Crippen LogP contribution in [0.1, 0.15) is 0 Å². The van der Waals surface area contributed by atoms with E-state index in [1.165, 1.54) is 0 Å². The summed E-state index contributed by atoms with van der Waals surface area (Å²) in [6.07, 6.45) is 0.962. The minimum atomic E-state index is -2.14. The van der Waals surface area contributed by atoms with Crippen LogP contribution in [0.15, 0.2) is 47.9 Å². The molecule has 0 unspecified atom stereocenters. The maximum absolute atomic E-state index is 10.7. The van der Waals surface area contributed by atoms with E-state index in [1.807, 2.05) is 6.07 Å². The van der Waals surface area contributed by atoms with E-state index in [2.05, 4.69) is 11.3 Å². The van der Waals surface area contributed by atoms with Gasteiger partial charge in [-0.3, -0.25) is 0 Å². The predicted molar refractivity (Wildman–Crippen MR) is 60.6 cm³/mol. The van der Waals surface area contributed by atoms with E-state index in [0.717, 1.165) is 17.8 Å². The number of carbonyl (C=O) groups excluding carboxylic acids is 1. The quantitative estimate of drug-likeness (QED) is 0.350. The van der Waals surface area contributed by atoms with E-state index in [9.17, 15) is 15.0 Å². The van der Waals surface area contributed by atoms with E-state index in [1.54, 1.807) is 24.3 Å². The molecule has 0 fully saturated rings. The highest BCUT2D eigenvalue weighted by Crippen LogP contribution is 2.28. The van der Waals surface area contributed by atoms with Crippen LogP contribution in [0.3, 0.4) is 0 Å². The van der Waals surface area contributed by atoms with Crippen LogP contribution in [0.5, 0.6) is 0 Å². The number of ether oxygens (including phenoxy) is 1. The molecule has 86 valence electrons. The molecule has 0 aliphatic heterocycles. The largest absolute Gasteiger partial charge is 0.456 e. The summed E-state index contributed by atoms with van der Waals surface area (Å²) < 4.78 is 4.55. The second-order valence-corrected chi connectivity index (χ2v) is 4.30. The highest BCUT2D eigenvalue weighted by atomic mass is 32.2. The minimum Gasteiger partial charge on any atom is -0.456 e. The Morgan fingerprint density at radius 3 is 2.62 bits per heavy atom. The summed E-state index contributed by atoms with van der Waals surface area (Å²) in [5.41, 5.74) is 0. The monoisotopic (exact) mass is 240 g/mol. The molecule has 2 N–H and O–H groups in total. The van der Waals surface area contributed by atoms with Gasteiger partial charge in [0.25, 0.3) is 5.12 Å². The number of hydrogen-bond donors (Lipinski definition) is 2. The molecule has 0 aliphatic rings. The lowest BCUT2D eigenvalue weighted by molar-refractivity contribution is -0.158. The molecular formula is C11H12O4S. The van der Waals surface area contributed by atoms with Crippen molar-refractivity contribution in [1.82, 2.24) is 0 Å². The smallest absolute Gasteiger partial charge is 0.330 e. The molecule has 0 radical (unpaired) electrons. The van der Waals surface area contributed by atoms with Crippen LogP contribution in [-0.4, -0.2) is 27.9 Å². The van der Waals surface area contributed by atoms with Gasteiger partial charge in [-0.2, -0.15) is 0 Å². The van der Waals surface area contributed by atoms with Crippen molar-refractivity contribution in [2.45, 2.75) is 10.0 Å². The minimum absolute atomic E-state index is 0.516. The average Bonchev–Trinajstić information content (AvgIpc) is 2.27. The van der Waals surface area contributed by atoms with Gasteiger partial charge in [0.15, 0.2) is 6.61 Å². The van der Waals surface area contributed by atoms with Gasteiger partial charge in [0.2, 0.25) is 0 Å². The van der Waals surface area contributed by atoms with E-state index >= 15 is 0 Å². The summed E-state index contributed by atoms with van der Waals surface area (Å²) in [4.78, 5) is 11.4. The first-order chi connectivity index (χ1) is 7.53. The van der Waals surface area contributed by atoms with Crippen molar-refractivity contribution in [2.75, 3.05) is 6.61 Å². The Morgan fingerprint density at radius 1 is 1.44 bits per heavy atom. The van der Waals surface area contributed by atoms with Crippen molar-refractivity contribution >= 4 is 17.7 Å². The van der Waals surface area contributed by atoms with Crippen LogP contribution in [0.4, 0.5) is 0 Å². The summed E-state index contributed by atoms with van der Waals surface area (Å²) in [6, 6.07) is 8.81. The van der Waals surface area contributed by atoms with Crippen molar-refractivity contribution in [1.29, 1.82) is 0 Å². The first-order valence-corrected chi connectivity index (χ1v) is 5.33. The van der Waals surface area contributed by atoms with Gasteiger partial charge < -0.3 is 14.9 Å². The summed E-state index contributed by atoms with van der Waals surface area (Å²) in [6.45, 7) is 2.68. The molecule has 1 rings (SSSR count). The van der Waals surface area contributed by atoms with Gasteiger partial charge in [0, 0.05) is 11.0 Å². The Bertz CT molecular complexity index is 362. The lowest BCUT2D eigenvalue weighted by atomic mass is 10.4. The zero-order valence-corrected chi connectivity index (χ0v) is 9.31. The van der Waals surface area contributed by atoms with Gasteiger partial charge in [-0.05, 0) is 12.1 Å². The fraction of sp³-hybridized carbons (Fsp3) is 0.182. The number of benzene rings is 1. The predicted octanol–water partition coefficient (Wildman–Crippen LogP) is 1.15. The molecule has 4 nitrogen and oxygen atoms in total. The van der Waals surface area contributed by atoms with E-state index in [-0.39, 0.29) is 0 Å². The van der Waals surface area contributed by atoms with Crippen molar-refractivity contribution in [3.8, 4) is 0 Å². The van der Waals surface area contributed by atoms with Crippen LogP contribution in [-0.2, 0) is 9.53 Å². The Morgan fingerprint density at radius 2 is 2.06 bits per heavy atom. The molecule has 0 atom stereocenters. The zero-order valence-electron chi connectivity index (χ0n) is 8.50.